The van der Waals surface area contributed by atoms with E-state index in [2.05, 4.69) is 9.71 Å². The lowest BCUT2D eigenvalue weighted by Crippen LogP contribution is -2.15. The van der Waals surface area contributed by atoms with Gasteiger partial charge in [-0.2, -0.15) is 0 Å². The molecule has 0 unspecified atom stereocenters. The number of benzene rings is 2. The molecule has 0 saturated heterocycles. The SMILES string of the molecule is O=C(OCc1cc(=O)n2ccsc2n1)c1cccc(S(=O)(=O)Nc2ccc(F)cc2)c1. The zero-order valence-corrected chi connectivity index (χ0v) is 17.3. The van der Waals surface area contributed by atoms with Crippen molar-refractivity contribution in [1.29, 1.82) is 0 Å². The maximum Gasteiger partial charge on any atom is 0.338 e. The molecule has 0 aliphatic rings. The Morgan fingerprint density at radius 3 is 2.71 bits per heavy atom. The van der Waals surface area contributed by atoms with Crippen molar-refractivity contribution in [2.75, 3.05) is 4.72 Å². The van der Waals surface area contributed by atoms with Crippen molar-refractivity contribution in [1.82, 2.24) is 9.38 Å². The van der Waals surface area contributed by atoms with Crippen LogP contribution in [0, 0.1) is 5.82 Å². The molecular formula is C20H14FN3O5S2. The smallest absolute Gasteiger partial charge is 0.338 e. The number of aromatic nitrogens is 2. The number of thiazole rings is 1. The van der Waals surface area contributed by atoms with E-state index in [9.17, 15) is 22.4 Å². The van der Waals surface area contributed by atoms with Gasteiger partial charge in [0.15, 0.2) is 4.96 Å². The second-order valence-corrected chi connectivity index (χ2v) is 8.91. The van der Waals surface area contributed by atoms with Gasteiger partial charge in [0.05, 0.1) is 16.2 Å². The molecule has 2 aromatic heterocycles. The van der Waals surface area contributed by atoms with E-state index in [4.69, 9.17) is 4.74 Å². The van der Waals surface area contributed by atoms with E-state index in [1.54, 1.807) is 11.6 Å². The highest BCUT2D eigenvalue weighted by Gasteiger charge is 2.17. The van der Waals surface area contributed by atoms with Gasteiger partial charge in [0.2, 0.25) is 0 Å². The summed E-state index contributed by atoms with van der Waals surface area (Å²) in [7, 11) is -4.01. The highest BCUT2D eigenvalue weighted by molar-refractivity contribution is 7.92. The van der Waals surface area contributed by atoms with Crippen LogP contribution in [0.25, 0.3) is 4.96 Å². The number of ether oxygens (including phenoxy) is 1. The van der Waals surface area contributed by atoms with Crippen molar-refractivity contribution < 1.29 is 22.3 Å². The van der Waals surface area contributed by atoms with Gasteiger partial charge in [-0.15, -0.1) is 11.3 Å². The van der Waals surface area contributed by atoms with Gasteiger partial charge in [-0.05, 0) is 42.5 Å². The van der Waals surface area contributed by atoms with Crippen LogP contribution in [0.1, 0.15) is 16.1 Å². The maximum absolute atomic E-state index is 13.0. The predicted octanol–water partition coefficient (Wildman–Crippen LogP) is 3.05. The number of fused-ring (bicyclic) bond motifs is 1. The van der Waals surface area contributed by atoms with Gasteiger partial charge in [0.25, 0.3) is 15.6 Å². The van der Waals surface area contributed by atoms with Crippen molar-refractivity contribution in [3.63, 3.8) is 0 Å². The topological polar surface area (TPSA) is 107 Å². The van der Waals surface area contributed by atoms with Gasteiger partial charge < -0.3 is 4.74 Å². The molecule has 0 saturated carbocycles. The molecule has 8 nitrogen and oxygen atoms in total. The van der Waals surface area contributed by atoms with E-state index >= 15 is 0 Å². The minimum absolute atomic E-state index is 0.0101. The fraction of sp³-hybridized carbons (Fsp3) is 0.0500. The van der Waals surface area contributed by atoms with Gasteiger partial charge in [0, 0.05) is 23.3 Å². The number of nitrogens with one attached hydrogen (secondary N) is 1. The first-order valence-electron chi connectivity index (χ1n) is 8.83. The summed E-state index contributed by atoms with van der Waals surface area (Å²) in [5.41, 5.74) is 0.173. The van der Waals surface area contributed by atoms with E-state index in [-0.39, 0.29) is 34.0 Å². The number of esters is 1. The highest BCUT2D eigenvalue weighted by atomic mass is 32.2. The largest absolute Gasteiger partial charge is 0.456 e. The number of anilines is 1. The Morgan fingerprint density at radius 2 is 1.94 bits per heavy atom. The van der Waals surface area contributed by atoms with E-state index in [0.29, 0.717) is 4.96 Å². The molecule has 11 heteroatoms. The number of hydrogen-bond donors (Lipinski definition) is 1. The van der Waals surface area contributed by atoms with Crippen molar-refractivity contribution in [2.45, 2.75) is 11.5 Å². The minimum Gasteiger partial charge on any atom is -0.456 e. The quantitative estimate of drug-likeness (QED) is 0.444. The van der Waals surface area contributed by atoms with Crippen LogP contribution in [-0.4, -0.2) is 23.8 Å². The second-order valence-electron chi connectivity index (χ2n) is 6.36. The van der Waals surface area contributed by atoms with Crippen LogP contribution in [0.3, 0.4) is 0 Å². The summed E-state index contributed by atoms with van der Waals surface area (Å²) in [4.78, 5) is 28.9. The standard InChI is InChI=1S/C20H14FN3O5S2/c21-14-4-6-15(7-5-14)23-31(27,28)17-3-1-2-13(10-17)19(26)29-12-16-11-18(25)24-8-9-30-20(24)22-16/h1-11,23H,12H2. The average molecular weight is 459 g/mol. The van der Waals surface area contributed by atoms with Gasteiger partial charge in [-0.25, -0.2) is 22.6 Å². The molecule has 0 amide bonds. The molecule has 4 rings (SSSR count). The molecule has 1 N–H and O–H groups in total. The lowest BCUT2D eigenvalue weighted by Gasteiger charge is -2.09. The number of halogens is 1. The molecule has 2 aromatic carbocycles. The summed E-state index contributed by atoms with van der Waals surface area (Å²) in [6.45, 7) is -0.243. The number of nitrogens with zero attached hydrogens (tertiary/aromatic N) is 2. The lowest BCUT2D eigenvalue weighted by atomic mass is 10.2. The van der Waals surface area contributed by atoms with Crippen LogP contribution in [-0.2, 0) is 21.4 Å². The number of hydrogen-bond acceptors (Lipinski definition) is 7. The Labute approximate surface area is 179 Å². The molecular weight excluding hydrogens is 445 g/mol. The fourth-order valence-electron chi connectivity index (χ4n) is 2.71. The third kappa shape index (κ3) is 4.62. The molecule has 0 radical (unpaired) electrons. The third-order valence-electron chi connectivity index (χ3n) is 4.18. The Hall–Kier alpha value is -3.57. The summed E-state index contributed by atoms with van der Waals surface area (Å²) in [5.74, 6) is -1.27. The first-order valence-corrected chi connectivity index (χ1v) is 11.2. The van der Waals surface area contributed by atoms with Crippen LogP contribution in [0.15, 0.2) is 75.9 Å². The number of sulfonamides is 1. The number of carbonyl (C=O) groups is 1. The highest BCUT2D eigenvalue weighted by Crippen LogP contribution is 2.18. The Bertz CT molecular complexity index is 1430. The molecule has 158 valence electrons. The second kappa shape index (κ2) is 8.28. The maximum atomic E-state index is 13.0. The van der Waals surface area contributed by atoms with Crippen LogP contribution in [0.4, 0.5) is 10.1 Å². The Kier molecular flexibility index (Phi) is 5.53. The molecule has 4 aromatic rings. The van der Waals surface area contributed by atoms with Crippen molar-refractivity contribution in [3.05, 3.63) is 93.6 Å². The van der Waals surface area contributed by atoms with Gasteiger partial charge in [-0.3, -0.25) is 13.9 Å². The predicted molar refractivity (Wildman–Crippen MR) is 112 cm³/mol. The fourth-order valence-corrected chi connectivity index (χ4v) is 4.55. The van der Waals surface area contributed by atoms with Crippen molar-refractivity contribution in [3.8, 4) is 0 Å². The number of carbonyl (C=O) groups excluding carboxylic acids is 1. The van der Waals surface area contributed by atoms with Gasteiger partial charge >= 0.3 is 5.97 Å². The minimum atomic E-state index is -4.01. The zero-order valence-electron chi connectivity index (χ0n) is 15.7. The summed E-state index contributed by atoms with van der Waals surface area (Å²) in [5, 5.41) is 1.71. The van der Waals surface area contributed by atoms with Gasteiger partial charge in [-0.1, -0.05) is 6.07 Å². The van der Waals surface area contributed by atoms with Crippen LogP contribution in [0.2, 0.25) is 0 Å². The first-order chi connectivity index (χ1) is 14.8. The molecule has 0 bridgehead atoms. The Morgan fingerprint density at radius 1 is 1.16 bits per heavy atom. The van der Waals surface area contributed by atoms with E-state index in [0.717, 1.165) is 12.1 Å². The lowest BCUT2D eigenvalue weighted by molar-refractivity contribution is 0.0467. The third-order valence-corrected chi connectivity index (χ3v) is 6.32. The van der Waals surface area contributed by atoms with E-state index < -0.39 is 21.8 Å². The van der Waals surface area contributed by atoms with Crippen LogP contribution in [0.5, 0.6) is 0 Å². The summed E-state index contributed by atoms with van der Waals surface area (Å²) >= 11 is 1.27. The zero-order chi connectivity index (χ0) is 22.0. The first kappa shape index (κ1) is 20.7. The number of rotatable bonds is 6. The Balaban J connectivity index is 1.49. The summed E-state index contributed by atoms with van der Waals surface area (Å²) < 4.78 is 47.0. The van der Waals surface area contributed by atoms with Crippen LogP contribution >= 0.6 is 11.3 Å². The molecule has 0 fully saturated rings. The van der Waals surface area contributed by atoms with E-state index in [1.807, 2.05) is 0 Å². The average Bonchev–Trinajstić information content (AvgIpc) is 3.23. The summed E-state index contributed by atoms with van der Waals surface area (Å²) in [6, 6.07) is 11.4. The molecule has 0 aliphatic carbocycles. The van der Waals surface area contributed by atoms with E-state index in [1.165, 1.54) is 58.2 Å². The van der Waals surface area contributed by atoms with Crippen molar-refractivity contribution in [2.24, 2.45) is 0 Å². The van der Waals surface area contributed by atoms with Crippen molar-refractivity contribution >= 4 is 38.0 Å². The summed E-state index contributed by atoms with van der Waals surface area (Å²) in [6.07, 6.45) is 1.59. The molecule has 0 atom stereocenters. The molecule has 31 heavy (non-hydrogen) atoms. The molecule has 0 spiro atoms. The normalized spacial score (nSPS) is 11.4. The van der Waals surface area contributed by atoms with Crippen LogP contribution < -0.4 is 10.3 Å². The molecule has 2 heterocycles. The monoisotopic (exact) mass is 459 g/mol. The van der Waals surface area contributed by atoms with Gasteiger partial charge in [0.1, 0.15) is 12.4 Å². The molecule has 0 aliphatic heterocycles.